The van der Waals surface area contributed by atoms with Crippen LogP contribution >= 0.6 is 0 Å². The quantitative estimate of drug-likeness (QED) is 0.669. The van der Waals surface area contributed by atoms with Crippen molar-refractivity contribution in [1.29, 1.82) is 0 Å². The van der Waals surface area contributed by atoms with Crippen LogP contribution in [0.25, 0.3) is 16.8 Å². The van der Waals surface area contributed by atoms with E-state index in [-0.39, 0.29) is 0 Å². The van der Waals surface area contributed by atoms with Gasteiger partial charge in [-0.3, -0.25) is 0 Å². The summed E-state index contributed by atoms with van der Waals surface area (Å²) in [4.78, 5) is 0. The van der Waals surface area contributed by atoms with Crippen LogP contribution in [0.1, 0.15) is 23.6 Å². The van der Waals surface area contributed by atoms with E-state index in [0.29, 0.717) is 0 Å². The van der Waals surface area contributed by atoms with Crippen molar-refractivity contribution in [2.24, 2.45) is 0 Å². The largest absolute Gasteiger partial charge is 0.0984 e. The predicted octanol–water partition coefficient (Wildman–Crippen LogP) is 4.35. The highest BCUT2D eigenvalue weighted by Gasteiger charge is 2.06. The van der Waals surface area contributed by atoms with Crippen molar-refractivity contribution in [1.82, 2.24) is 0 Å². The number of benzene rings is 2. The van der Waals surface area contributed by atoms with Crippen LogP contribution in [0.15, 0.2) is 36.9 Å². The standard InChI is InChI=1S/C15H16/c1-4-13-11(3)10-12-8-6-7-9-15(12)14(13)5-2/h5-10H,2,4H2,1,3H3. The van der Waals surface area contributed by atoms with E-state index in [1.807, 2.05) is 6.08 Å². The normalized spacial score (nSPS) is 10.5. The van der Waals surface area contributed by atoms with Crippen LogP contribution in [0, 0.1) is 6.92 Å². The third-order valence-corrected chi connectivity index (χ3v) is 2.98. The summed E-state index contributed by atoms with van der Waals surface area (Å²) < 4.78 is 0. The van der Waals surface area contributed by atoms with Crippen LogP contribution in [0.2, 0.25) is 0 Å². The average molecular weight is 196 g/mol. The van der Waals surface area contributed by atoms with Crippen molar-refractivity contribution in [3.05, 3.63) is 53.6 Å². The zero-order valence-electron chi connectivity index (χ0n) is 9.38. The van der Waals surface area contributed by atoms with E-state index >= 15 is 0 Å². The molecule has 0 aromatic heterocycles. The molecule has 0 bridgehead atoms. The Kier molecular flexibility index (Phi) is 2.59. The van der Waals surface area contributed by atoms with Gasteiger partial charge in [-0.05, 0) is 40.8 Å². The Bertz CT molecular complexity index is 507. The molecule has 0 saturated heterocycles. The topological polar surface area (TPSA) is 0 Å². The third-order valence-electron chi connectivity index (χ3n) is 2.98. The Morgan fingerprint density at radius 1 is 1.27 bits per heavy atom. The Hall–Kier alpha value is -1.56. The van der Waals surface area contributed by atoms with Gasteiger partial charge in [0.2, 0.25) is 0 Å². The van der Waals surface area contributed by atoms with Crippen molar-refractivity contribution < 1.29 is 0 Å². The molecular formula is C15H16. The van der Waals surface area contributed by atoms with Crippen molar-refractivity contribution in [2.45, 2.75) is 20.3 Å². The molecule has 0 aliphatic heterocycles. The Labute approximate surface area is 91.2 Å². The maximum absolute atomic E-state index is 3.93. The molecule has 0 spiro atoms. The highest BCUT2D eigenvalue weighted by molar-refractivity contribution is 5.92. The minimum Gasteiger partial charge on any atom is -0.0984 e. The van der Waals surface area contributed by atoms with Crippen molar-refractivity contribution in [3.63, 3.8) is 0 Å². The lowest BCUT2D eigenvalue weighted by Gasteiger charge is -2.11. The number of aryl methyl sites for hydroxylation is 1. The maximum Gasteiger partial charge on any atom is -0.0109 e. The van der Waals surface area contributed by atoms with Crippen LogP contribution in [0.3, 0.4) is 0 Å². The van der Waals surface area contributed by atoms with E-state index in [0.717, 1.165) is 6.42 Å². The Balaban J connectivity index is 2.90. The zero-order chi connectivity index (χ0) is 10.8. The second-order valence-electron chi connectivity index (χ2n) is 3.86. The highest BCUT2D eigenvalue weighted by Crippen LogP contribution is 2.26. The molecule has 0 N–H and O–H groups in total. The van der Waals surface area contributed by atoms with Gasteiger partial charge in [0.25, 0.3) is 0 Å². The van der Waals surface area contributed by atoms with Crippen LogP contribution in [0.5, 0.6) is 0 Å². The lowest BCUT2D eigenvalue weighted by atomic mass is 9.93. The molecule has 0 heterocycles. The Morgan fingerprint density at radius 3 is 2.67 bits per heavy atom. The van der Waals surface area contributed by atoms with Gasteiger partial charge >= 0.3 is 0 Å². The average Bonchev–Trinajstić information content (AvgIpc) is 2.27. The molecule has 76 valence electrons. The van der Waals surface area contributed by atoms with E-state index in [1.54, 1.807) is 0 Å². The van der Waals surface area contributed by atoms with Gasteiger partial charge in [0.05, 0.1) is 0 Å². The minimum atomic E-state index is 1.07. The monoisotopic (exact) mass is 196 g/mol. The first-order valence-corrected chi connectivity index (χ1v) is 5.41. The summed E-state index contributed by atoms with van der Waals surface area (Å²) in [7, 11) is 0. The van der Waals surface area contributed by atoms with Gasteiger partial charge in [0.1, 0.15) is 0 Å². The maximum atomic E-state index is 3.93. The van der Waals surface area contributed by atoms with E-state index < -0.39 is 0 Å². The molecule has 0 atom stereocenters. The fourth-order valence-electron chi connectivity index (χ4n) is 2.27. The molecule has 0 aliphatic rings. The number of hydrogen-bond donors (Lipinski definition) is 0. The van der Waals surface area contributed by atoms with E-state index in [4.69, 9.17) is 0 Å². The van der Waals surface area contributed by atoms with Gasteiger partial charge in [0.15, 0.2) is 0 Å². The first-order valence-electron chi connectivity index (χ1n) is 5.41. The third kappa shape index (κ3) is 1.56. The minimum absolute atomic E-state index is 1.07. The predicted molar refractivity (Wildman–Crippen MR) is 68.2 cm³/mol. The van der Waals surface area contributed by atoms with Crippen molar-refractivity contribution >= 4 is 16.8 Å². The summed E-state index contributed by atoms with van der Waals surface area (Å²) in [5, 5.41) is 2.62. The summed E-state index contributed by atoms with van der Waals surface area (Å²) in [6.45, 7) is 8.31. The number of hydrogen-bond acceptors (Lipinski definition) is 0. The smallest absolute Gasteiger partial charge is 0.0109 e. The molecule has 2 aromatic rings. The van der Waals surface area contributed by atoms with Gasteiger partial charge in [-0.25, -0.2) is 0 Å². The summed E-state index contributed by atoms with van der Waals surface area (Å²) in [6, 6.07) is 10.8. The lowest BCUT2D eigenvalue weighted by Crippen LogP contribution is -1.92. The van der Waals surface area contributed by atoms with Gasteiger partial charge in [-0.1, -0.05) is 49.9 Å². The van der Waals surface area contributed by atoms with Crippen LogP contribution in [-0.4, -0.2) is 0 Å². The van der Waals surface area contributed by atoms with Gasteiger partial charge in [-0.15, -0.1) is 0 Å². The SMILES string of the molecule is C=Cc1c(CC)c(C)cc2ccccc12. The van der Waals surface area contributed by atoms with Crippen LogP contribution < -0.4 is 0 Å². The number of fused-ring (bicyclic) bond motifs is 1. The molecule has 0 radical (unpaired) electrons. The molecule has 0 fully saturated rings. The summed E-state index contributed by atoms with van der Waals surface area (Å²) in [5.74, 6) is 0. The Morgan fingerprint density at radius 2 is 2.00 bits per heavy atom. The van der Waals surface area contributed by atoms with E-state index in [1.165, 1.54) is 27.5 Å². The molecule has 0 aliphatic carbocycles. The highest BCUT2D eigenvalue weighted by atomic mass is 14.1. The first kappa shape index (κ1) is 9.97. The van der Waals surface area contributed by atoms with E-state index in [9.17, 15) is 0 Å². The second-order valence-corrected chi connectivity index (χ2v) is 3.86. The fourth-order valence-corrected chi connectivity index (χ4v) is 2.27. The summed E-state index contributed by atoms with van der Waals surface area (Å²) in [6.07, 6.45) is 3.05. The van der Waals surface area contributed by atoms with Crippen molar-refractivity contribution in [2.75, 3.05) is 0 Å². The fraction of sp³-hybridized carbons (Fsp3) is 0.200. The molecular weight excluding hydrogens is 180 g/mol. The van der Waals surface area contributed by atoms with Crippen LogP contribution in [0.4, 0.5) is 0 Å². The lowest BCUT2D eigenvalue weighted by molar-refractivity contribution is 1.11. The molecule has 2 rings (SSSR count). The molecule has 2 aromatic carbocycles. The van der Waals surface area contributed by atoms with E-state index in [2.05, 4.69) is 50.8 Å². The molecule has 0 amide bonds. The summed E-state index contributed by atoms with van der Waals surface area (Å²) >= 11 is 0. The van der Waals surface area contributed by atoms with Crippen LogP contribution in [-0.2, 0) is 6.42 Å². The van der Waals surface area contributed by atoms with Crippen molar-refractivity contribution in [3.8, 4) is 0 Å². The molecule has 0 heteroatoms. The zero-order valence-corrected chi connectivity index (χ0v) is 9.38. The molecule has 0 nitrogen and oxygen atoms in total. The molecule has 0 unspecified atom stereocenters. The first-order chi connectivity index (χ1) is 7.27. The second kappa shape index (κ2) is 3.90. The van der Waals surface area contributed by atoms with Gasteiger partial charge in [-0.2, -0.15) is 0 Å². The molecule has 0 saturated carbocycles. The molecule has 15 heavy (non-hydrogen) atoms. The van der Waals surface area contributed by atoms with Gasteiger partial charge < -0.3 is 0 Å². The van der Waals surface area contributed by atoms with Gasteiger partial charge in [0, 0.05) is 0 Å². The number of rotatable bonds is 2. The summed E-state index contributed by atoms with van der Waals surface area (Å²) in [5.41, 5.74) is 4.09.